The van der Waals surface area contributed by atoms with E-state index in [2.05, 4.69) is 21.3 Å². The van der Waals surface area contributed by atoms with Crippen molar-refractivity contribution in [2.45, 2.75) is 89.3 Å². The standard InChI is InChI=1S/C35H42N6O10/c1-35(2,3)51-28(44)17-23(14-15-37-33(36)48)38-31(46)26-16-22-11-7-10-21-12-13-24(32(47)41(26)29(21)22)39-30(45)25(18-27(42)43)40-34(49)50-19-20-8-5-4-6-9-20/h4-11,14-15,23-26H,12-13,16-19H2,1-3H3,(H,38,46)(H,39,45)(H,40,49)(H,42,43)(H3,36,37,48)/b15-14+/t23-,24+,25+,26+/m1/s1. The van der Waals surface area contributed by atoms with E-state index in [-0.39, 0.29) is 25.9 Å². The predicted octanol–water partition coefficient (Wildman–Crippen LogP) is 1.54. The minimum Gasteiger partial charge on any atom is -0.481 e. The number of aliphatic carboxylic acids is 1. The number of primary amides is 1. The monoisotopic (exact) mass is 706 g/mol. The fourth-order valence-electron chi connectivity index (χ4n) is 5.79. The van der Waals surface area contributed by atoms with Gasteiger partial charge >= 0.3 is 24.1 Å². The van der Waals surface area contributed by atoms with E-state index in [0.29, 0.717) is 23.2 Å². The molecule has 2 aliphatic rings. The maximum Gasteiger partial charge on any atom is 0.408 e. The number of carboxylic acids is 1. The zero-order valence-corrected chi connectivity index (χ0v) is 28.5. The number of hydrogen-bond donors (Lipinski definition) is 6. The molecule has 6 amide bonds. The minimum atomic E-state index is -1.58. The molecule has 2 aromatic rings. The van der Waals surface area contributed by atoms with Gasteiger partial charge in [0, 0.05) is 12.6 Å². The van der Waals surface area contributed by atoms with Crippen molar-refractivity contribution < 1.29 is 48.1 Å². The Balaban J connectivity index is 1.52. The number of hydrogen-bond acceptors (Lipinski definition) is 9. The normalized spacial score (nSPS) is 17.7. The number of nitrogens with zero attached hydrogens (tertiary/aromatic N) is 1. The number of rotatable bonds is 13. The molecule has 0 radical (unpaired) electrons. The summed E-state index contributed by atoms with van der Waals surface area (Å²) in [5.74, 6) is -4.18. The number of anilines is 1. The van der Waals surface area contributed by atoms with E-state index < -0.39 is 78.0 Å². The number of ether oxygens (including phenoxy) is 2. The Kier molecular flexibility index (Phi) is 12.4. The first-order valence-electron chi connectivity index (χ1n) is 16.3. The van der Waals surface area contributed by atoms with Crippen LogP contribution in [0.15, 0.2) is 60.8 Å². The molecule has 16 heteroatoms. The largest absolute Gasteiger partial charge is 0.481 e. The van der Waals surface area contributed by atoms with Crippen LogP contribution in [-0.2, 0) is 52.9 Å². The Labute approximate surface area is 294 Å². The molecule has 0 aromatic heterocycles. The Morgan fingerprint density at radius 1 is 1.00 bits per heavy atom. The molecule has 0 bridgehead atoms. The molecule has 7 N–H and O–H groups in total. The van der Waals surface area contributed by atoms with Gasteiger partial charge in [-0.3, -0.25) is 28.9 Å². The van der Waals surface area contributed by atoms with Crippen LogP contribution in [0.3, 0.4) is 0 Å². The lowest BCUT2D eigenvalue weighted by Gasteiger charge is -2.29. The summed E-state index contributed by atoms with van der Waals surface area (Å²) in [5.41, 5.74) is 7.01. The van der Waals surface area contributed by atoms with E-state index >= 15 is 0 Å². The molecular formula is C35H42N6O10. The summed E-state index contributed by atoms with van der Waals surface area (Å²) in [6.45, 7) is 4.94. The van der Waals surface area contributed by atoms with Crippen molar-refractivity contribution in [3.63, 3.8) is 0 Å². The molecule has 4 rings (SSSR count). The quantitative estimate of drug-likeness (QED) is 0.164. The minimum absolute atomic E-state index is 0.118. The van der Waals surface area contributed by atoms with Gasteiger partial charge in [-0.15, -0.1) is 0 Å². The molecule has 2 heterocycles. The number of urea groups is 1. The number of nitrogens with two attached hydrogens (primary N) is 1. The van der Waals surface area contributed by atoms with Gasteiger partial charge in [0.1, 0.15) is 30.3 Å². The zero-order valence-electron chi connectivity index (χ0n) is 28.5. The molecule has 0 saturated heterocycles. The average Bonchev–Trinajstić information content (AvgIpc) is 3.38. The second-order valence-corrected chi connectivity index (χ2v) is 13.1. The van der Waals surface area contributed by atoms with Crippen molar-refractivity contribution in [1.82, 2.24) is 21.3 Å². The molecule has 272 valence electrons. The summed E-state index contributed by atoms with van der Waals surface area (Å²) >= 11 is 0. The van der Waals surface area contributed by atoms with E-state index in [0.717, 1.165) is 5.56 Å². The third-order valence-electron chi connectivity index (χ3n) is 7.91. The molecule has 16 nitrogen and oxygen atoms in total. The van der Waals surface area contributed by atoms with Gasteiger partial charge in [-0.1, -0.05) is 48.5 Å². The topological polar surface area (TPSA) is 236 Å². The summed E-state index contributed by atoms with van der Waals surface area (Å²) in [5, 5.41) is 19.3. The molecule has 2 aliphatic heterocycles. The van der Waals surface area contributed by atoms with Gasteiger partial charge < -0.3 is 41.6 Å². The van der Waals surface area contributed by atoms with E-state index in [4.69, 9.17) is 15.2 Å². The summed E-state index contributed by atoms with van der Waals surface area (Å²) in [6, 6.07) is 8.44. The van der Waals surface area contributed by atoms with Crippen LogP contribution in [0.2, 0.25) is 0 Å². The highest BCUT2D eigenvalue weighted by atomic mass is 16.6. The molecule has 0 fully saturated rings. The number of carboxylic acid groups (broad SMARTS) is 1. The number of aryl methyl sites for hydroxylation is 1. The lowest BCUT2D eigenvalue weighted by Crippen LogP contribution is -2.58. The Morgan fingerprint density at radius 2 is 1.71 bits per heavy atom. The third-order valence-corrected chi connectivity index (χ3v) is 7.91. The molecule has 0 spiro atoms. The maximum atomic E-state index is 14.2. The number of esters is 1. The van der Waals surface area contributed by atoms with Crippen molar-refractivity contribution in [2.75, 3.05) is 4.90 Å². The number of amides is 6. The highest BCUT2D eigenvalue weighted by molar-refractivity contribution is 6.08. The highest BCUT2D eigenvalue weighted by Gasteiger charge is 2.45. The van der Waals surface area contributed by atoms with Gasteiger partial charge in [0.05, 0.1) is 24.6 Å². The highest BCUT2D eigenvalue weighted by Crippen LogP contribution is 2.39. The second-order valence-electron chi connectivity index (χ2n) is 13.1. The van der Waals surface area contributed by atoms with Crippen LogP contribution in [0.4, 0.5) is 15.3 Å². The third kappa shape index (κ3) is 10.8. The lowest BCUT2D eigenvalue weighted by molar-refractivity contribution is -0.155. The van der Waals surface area contributed by atoms with Gasteiger partial charge in [0.2, 0.25) is 17.7 Å². The van der Waals surface area contributed by atoms with Crippen molar-refractivity contribution in [1.29, 1.82) is 0 Å². The van der Waals surface area contributed by atoms with Crippen molar-refractivity contribution in [3.05, 3.63) is 77.5 Å². The molecule has 0 unspecified atom stereocenters. The number of para-hydroxylation sites is 1. The summed E-state index contributed by atoms with van der Waals surface area (Å²) in [7, 11) is 0. The van der Waals surface area contributed by atoms with E-state index in [1.807, 2.05) is 6.07 Å². The predicted molar refractivity (Wildman–Crippen MR) is 182 cm³/mol. The van der Waals surface area contributed by atoms with Crippen LogP contribution < -0.4 is 31.9 Å². The van der Waals surface area contributed by atoms with Crippen LogP contribution in [-0.4, -0.2) is 76.7 Å². The number of carbonyl (C=O) groups excluding carboxylic acids is 6. The van der Waals surface area contributed by atoms with Crippen molar-refractivity contribution in [3.8, 4) is 0 Å². The number of alkyl carbamates (subject to hydrolysis) is 1. The van der Waals surface area contributed by atoms with E-state index in [1.165, 1.54) is 17.2 Å². The Hall–Kier alpha value is -5.93. The van der Waals surface area contributed by atoms with Gasteiger partial charge in [-0.25, -0.2) is 9.59 Å². The van der Waals surface area contributed by atoms with Crippen molar-refractivity contribution >= 4 is 47.5 Å². The van der Waals surface area contributed by atoms with Crippen LogP contribution in [0.1, 0.15) is 56.7 Å². The average molecular weight is 707 g/mol. The first kappa shape index (κ1) is 37.9. The van der Waals surface area contributed by atoms with E-state index in [1.54, 1.807) is 63.2 Å². The van der Waals surface area contributed by atoms with Crippen molar-refractivity contribution in [2.24, 2.45) is 5.73 Å². The molecule has 0 saturated carbocycles. The number of carbonyl (C=O) groups is 7. The number of nitrogens with one attached hydrogen (secondary N) is 4. The molecule has 51 heavy (non-hydrogen) atoms. The zero-order chi connectivity index (χ0) is 37.3. The van der Waals surface area contributed by atoms with Gasteiger partial charge in [-0.05, 0) is 56.4 Å². The Morgan fingerprint density at radius 3 is 2.37 bits per heavy atom. The number of benzene rings is 2. The van der Waals surface area contributed by atoms with E-state index in [9.17, 15) is 38.7 Å². The molecular weight excluding hydrogens is 664 g/mol. The SMILES string of the molecule is CC(C)(C)OC(=O)C[C@@H](/C=C/NC(N)=O)NC(=O)[C@@H]1Cc2cccc3c2N1C(=O)[C@@H](NC(=O)[C@H](CC(=O)O)NC(=O)OCc1ccccc1)CC3. The Bertz CT molecular complexity index is 1690. The first-order chi connectivity index (χ1) is 24.1. The molecule has 4 atom stereocenters. The summed E-state index contributed by atoms with van der Waals surface area (Å²) < 4.78 is 10.6. The van der Waals surface area contributed by atoms with Crippen LogP contribution in [0.25, 0.3) is 0 Å². The van der Waals surface area contributed by atoms with Crippen LogP contribution in [0.5, 0.6) is 0 Å². The fraction of sp³-hybridized carbons (Fsp3) is 0.400. The maximum absolute atomic E-state index is 14.2. The second kappa shape index (κ2) is 16.7. The van der Waals surface area contributed by atoms with Gasteiger partial charge in [-0.2, -0.15) is 0 Å². The van der Waals surface area contributed by atoms with Crippen LogP contribution >= 0.6 is 0 Å². The van der Waals surface area contributed by atoms with Gasteiger partial charge in [0.15, 0.2) is 0 Å². The first-order valence-corrected chi connectivity index (χ1v) is 16.3. The lowest BCUT2D eigenvalue weighted by atomic mass is 10.0. The van der Waals surface area contributed by atoms with Crippen LogP contribution in [0, 0.1) is 0 Å². The summed E-state index contributed by atoms with van der Waals surface area (Å²) in [4.78, 5) is 90.8. The summed E-state index contributed by atoms with van der Waals surface area (Å²) in [6.07, 6.45) is 1.000. The van der Waals surface area contributed by atoms with Gasteiger partial charge in [0.25, 0.3) is 0 Å². The fourth-order valence-corrected chi connectivity index (χ4v) is 5.79. The smallest absolute Gasteiger partial charge is 0.408 e. The molecule has 0 aliphatic carbocycles. The molecule has 2 aromatic carbocycles.